The number of thiazole rings is 1. The Hall–Kier alpha value is -2.06. The smallest absolute Gasteiger partial charge is 0.272 e. The van der Waals surface area contributed by atoms with Crippen LogP contribution in [0, 0.1) is 0 Å². The SMILES string of the molecule is CCc1cnc(C(C)NC(=O)c2ccc(NN)nn2)s1. The summed E-state index contributed by atoms with van der Waals surface area (Å²) in [6.07, 6.45) is 2.78. The van der Waals surface area contributed by atoms with E-state index >= 15 is 0 Å². The predicted octanol–water partition coefficient (Wildman–Crippen LogP) is 1.27. The van der Waals surface area contributed by atoms with E-state index in [0.29, 0.717) is 5.82 Å². The summed E-state index contributed by atoms with van der Waals surface area (Å²) in [4.78, 5) is 17.5. The predicted molar refractivity (Wildman–Crippen MR) is 77.2 cm³/mol. The van der Waals surface area contributed by atoms with Gasteiger partial charge in [0.1, 0.15) is 5.01 Å². The Morgan fingerprint density at radius 2 is 2.25 bits per heavy atom. The number of anilines is 1. The molecule has 2 heterocycles. The van der Waals surface area contributed by atoms with Crippen LogP contribution in [0.2, 0.25) is 0 Å². The van der Waals surface area contributed by atoms with Gasteiger partial charge in [-0.25, -0.2) is 10.8 Å². The molecule has 0 saturated heterocycles. The van der Waals surface area contributed by atoms with Gasteiger partial charge in [0.15, 0.2) is 11.5 Å². The van der Waals surface area contributed by atoms with Crippen LogP contribution in [0.5, 0.6) is 0 Å². The number of hydrogen-bond acceptors (Lipinski definition) is 7. The molecule has 7 nitrogen and oxygen atoms in total. The van der Waals surface area contributed by atoms with Gasteiger partial charge in [0.25, 0.3) is 5.91 Å². The summed E-state index contributed by atoms with van der Waals surface area (Å²) in [5.41, 5.74) is 2.59. The number of carbonyl (C=O) groups excluding carboxylic acids is 1. The Bertz CT molecular complexity index is 582. The van der Waals surface area contributed by atoms with Crippen LogP contribution in [-0.4, -0.2) is 21.1 Å². The van der Waals surface area contributed by atoms with Gasteiger partial charge in [-0.1, -0.05) is 6.92 Å². The van der Waals surface area contributed by atoms with Crippen molar-refractivity contribution in [1.29, 1.82) is 0 Å². The zero-order chi connectivity index (χ0) is 14.5. The number of hydrazine groups is 1. The number of nitrogens with one attached hydrogen (secondary N) is 2. The van der Waals surface area contributed by atoms with Crippen LogP contribution in [0.4, 0.5) is 5.82 Å². The second-order valence-corrected chi connectivity index (χ2v) is 5.31. The molecule has 0 bridgehead atoms. The molecule has 2 aromatic rings. The number of nitrogen functional groups attached to an aromatic ring is 1. The average molecular weight is 292 g/mol. The number of amides is 1. The first kappa shape index (κ1) is 14.4. The molecule has 2 aromatic heterocycles. The van der Waals surface area contributed by atoms with Crippen molar-refractivity contribution in [2.75, 3.05) is 5.43 Å². The molecule has 0 aromatic carbocycles. The van der Waals surface area contributed by atoms with Crippen molar-refractivity contribution < 1.29 is 4.79 Å². The van der Waals surface area contributed by atoms with Gasteiger partial charge in [-0.3, -0.25) is 4.79 Å². The highest BCUT2D eigenvalue weighted by Gasteiger charge is 2.15. The molecule has 1 amide bonds. The number of hydrogen-bond donors (Lipinski definition) is 3. The van der Waals surface area contributed by atoms with Crippen LogP contribution in [0.3, 0.4) is 0 Å². The molecule has 8 heteroatoms. The molecule has 0 aliphatic carbocycles. The van der Waals surface area contributed by atoms with E-state index in [4.69, 9.17) is 5.84 Å². The minimum absolute atomic E-state index is 0.165. The second kappa shape index (κ2) is 6.40. The lowest BCUT2D eigenvalue weighted by Crippen LogP contribution is -2.27. The molecule has 0 radical (unpaired) electrons. The van der Waals surface area contributed by atoms with Crippen LogP contribution < -0.4 is 16.6 Å². The minimum Gasteiger partial charge on any atom is -0.342 e. The summed E-state index contributed by atoms with van der Waals surface area (Å²) < 4.78 is 0. The summed E-state index contributed by atoms with van der Waals surface area (Å²) in [6, 6.07) is 2.98. The van der Waals surface area contributed by atoms with Crippen molar-refractivity contribution in [3.8, 4) is 0 Å². The van der Waals surface area contributed by atoms with E-state index < -0.39 is 0 Å². The fraction of sp³-hybridized carbons (Fsp3) is 0.333. The standard InChI is InChI=1S/C12H16N6OS/c1-3-8-6-14-12(20-8)7(2)15-11(19)9-4-5-10(16-13)18-17-9/h4-7H,3,13H2,1-2H3,(H,15,19)(H,16,18). The second-order valence-electron chi connectivity index (χ2n) is 4.16. The highest BCUT2D eigenvalue weighted by atomic mass is 32.1. The van der Waals surface area contributed by atoms with E-state index in [9.17, 15) is 4.79 Å². The number of rotatable bonds is 5. The fourth-order valence-corrected chi connectivity index (χ4v) is 2.41. The normalized spacial score (nSPS) is 11.9. The molecule has 0 spiro atoms. The minimum atomic E-state index is -0.290. The Balaban J connectivity index is 2.02. The molecular weight excluding hydrogens is 276 g/mol. The lowest BCUT2D eigenvalue weighted by Gasteiger charge is -2.10. The Morgan fingerprint density at radius 1 is 1.45 bits per heavy atom. The zero-order valence-corrected chi connectivity index (χ0v) is 12.1. The lowest BCUT2D eigenvalue weighted by atomic mass is 10.3. The van der Waals surface area contributed by atoms with Gasteiger partial charge in [-0.2, -0.15) is 0 Å². The molecule has 1 unspecified atom stereocenters. The number of nitrogens with zero attached hydrogens (tertiary/aromatic N) is 3. The van der Waals surface area contributed by atoms with E-state index in [-0.39, 0.29) is 17.6 Å². The first-order valence-corrected chi connectivity index (χ1v) is 7.01. The van der Waals surface area contributed by atoms with Crippen LogP contribution in [0.25, 0.3) is 0 Å². The summed E-state index contributed by atoms with van der Waals surface area (Å²) >= 11 is 1.60. The quantitative estimate of drug-likeness (QED) is 0.566. The maximum Gasteiger partial charge on any atom is 0.272 e. The third-order valence-electron chi connectivity index (χ3n) is 2.68. The Labute approximate surface area is 120 Å². The third-order valence-corrected chi connectivity index (χ3v) is 4.01. The molecule has 2 rings (SSSR count). The number of carbonyl (C=O) groups is 1. The topological polar surface area (TPSA) is 106 Å². The Kier molecular flexibility index (Phi) is 4.59. The van der Waals surface area contributed by atoms with Gasteiger partial charge < -0.3 is 10.7 Å². The first-order chi connectivity index (χ1) is 9.63. The highest BCUT2D eigenvalue weighted by molar-refractivity contribution is 7.11. The van der Waals surface area contributed by atoms with Crippen LogP contribution in [-0.2, 0) is 6.42 Å². The van der Waals surface area contributed by atoms with Crippen LogP contribution >= 0.6 is 11.3 Å². The third kappa shape index (κ3) is 3.28. The van der Waals surface area contributed by atoms with E-state index in [2.05, 4.69) is 32.8 Å². The maximum atomic E-state index is 12.0. The van der Waals surface area contributed by atoms with Crippen molar-refractivity contribution in [2.24, 2.45) is 5.84 Å². The van der Waals surface area contributed by atoms with E-state index in [1.54, 1.807) is 23.5 Å². The molecular formula is C12H16N6OS. The van der Waals surface area contributed by atoms with Gasteiger partial charge in [-0.15, -0.1) is 21.5 Å². The van der Waals surface area contributed by atoms with Crippen LogP contribution in [0.1, 0.15) is 40.3 Å². The fourth-order valence-electron chi connectivity index (χ4n) is 1.55. The molecule has 0 aliphatic heterocycles. The largest absolute Gasteiger partial charge is 0.342 e. The van der Waals surface area contributed by atoms with Crippen molar-refractivity contribution in [2.45, 2.75) is 26.3 Å². The Morgan fingerprint density at radius 3 is 2.80 bits per heavy atom. The molecule has 0 fully saturated rings. The van der Waals surface area contributed by atoms with Gasteiger partial charge in [0.2, 0.25) is 0 Å². The summed E-state index contributed by atoms with van der Waals surface area (Å²) in [5.74, 6) is 5.30. The summed E-state index contributed by atoms with van der Waals surface area (Å²) in [5, 5.41) is 11.3. The first-order valence-electron chi connectivity index (χ1n) is 6.19. The van der Waals surface area contributed by atoms with Gasteiger partial charge in [0.05, 0.1) is 6.04 Å². The van der Waals surface area contributed by atoms with Gasteiger partial charge in [0, 0.05) is 11.1 Å². The maximum absolute atomic E-state index is 12.0. The summed E-state index contributed by atoms with van der Waals surface area (Å²) in [7, 11) is 0. The average Bonchev–Trinajstić information content (AvgIpc) is 2.96. The molecule has 20 heavy (non-hydrogen) atoms. The van der Waals surface area contributed by atoms with E-state index in [1.165, 1.54) is 4.88 Å². The molecule has 0 saturated carbocycles. The zero-order valence-electron chi connectivity index (χ0n) is 11.3. The van der Waals surface area contributed by atoms with Gasteiger partial charge >= 0.3 is 0 Å². The lowest BCUT2D eigenvalue weighted by molar-refractivity contribution is 0.0934. The van der Waals surface area contributed by atoms with Crippen LogP contribution in [0.15, 0.2) is 18.3 Å². The number of nitrogens with two attached hydrogens (primary N) is 1. The monoisotopic (exact) mass is 292 g/mol. The van der Waals surface area contributed by atoms with Crippen molar-refractivity contribution in [1.82, 2.24) is 20.5 Å². The van der Waals surface area contributed by atoms with Crippen molar-refractivity contribution in [3.05, 3.63) is 33.9 Å². The molecule has 0 aliphatic rings. The summed E-state index contributed by atoms with van der Waals surface area (Å²) in [6.45, 7) is 3.96. The number of aromatic nitrogens is 3. The van der Waals surface area contributed by atoms with E-state index in [0.717, 1.165) is 11.4 Å². The molecule has 4 N–H and O–H groups in total. The van der Waals surface area contributed by atoms with E-state index in [1.807, 2.05) is 13.1 Å². The van der Waals surface area contributed by atoms with Gasteiger partial charge in [-0.05, 0) is 25.5 Å². The molecule has 106 valence electrons. The highest BCUT2D eigenvalue weighted by Crippen LogP contribution is 2.20. The van der Waals surface area contributed by atoms with Crippen molar-refractivity contribution >= 4 is 23.1 Å². The number of aryl methyl sites for hydroxylation is 1. The van der Waals surface area contributed by atoms with Crippen molar-refractivity contribution in [3.63, 3.8) is 0 Å². The molecule has 1 atom stereocenters.